The van der Waals surface area contributed by atoms with Crippen molar-refractivity contribution in [1.82, 2.24) is 5.32 Å². The van der Waals surface area contributed by atoms with Crippen molar-refractivity contribution < 1.29 is 4.74 Å². The molecular weight excluding hydrogens is 245 g/mol. The molecule has 4 heteroatoms. The molecule has 0 unspecified atom stereocenters. The van der Waals surface area contributed by atoms with Gasteiger partial charge in [0.25, 0.3) is 0 Å². The number of ether oxygens (including phenoxy) is 1. The lowest BCUT2D eigenvalue weighted by molar-refractivity contribution is 0.256. The van der Waals surface area contributed by atoms with Gasteiger partial charge in [0.15, 0.2) is 0 Å². The number of rotatable bonds is 5. The zero-order chi connectivity index (χ0) is 12.2. The van der Waals surface area contributed by atoms with Crippen molar-refractivity contribution in [3.8, 4) is 5.75 Å². The quantitative estimate of drug-likeness (QED) is 0.872. The fraction of sp³-hybridized carbons (Fsp3) is 0.500. The molecule has 1 aromatic carbocycles. The third-order valence-electron chi connectivity index (χ3n) is 2.58. The first-order valence-electron chi connectivity index (χ1n) is 5.22. The molecule has 2 nitrogen and oxygen atoms in total. The summed E-state index contributed by atoms with van der Waals surface area (Å²) in [5.41, 5.74) is 0.0606. The fourth-order valence-electron chi connectivity index (χ4n) is 1.14. The highest BCUT2D eigenvalue weighted by molar-refractivity contribution is 6.42. The van der Waals surface area contributed by atoms with E-state index in [1.807, 2.05) is 19.2 Å². The molecule has 0 bridgehead atoms. The van der Waals surface area contributed by atoms with Gasteiger partial charge in [-0.1, -0.05) is 29.3 Å². The number of hydrogen-bond acceptors (Lipinski definition) is 2. The number of hydrogen-bond donors (Lipinski definition) is 1. The first-order chi connectivity index (χ1) is 7.46. The van der Waals surface area contributed by atoms with Crippen LogP contribution in [0.3, 0.4) is 0 Å². The first kappa shape index (κ1) is 13.6. The maximum Gasteiger partial charge on any atom is 0.139 e. The van der Waals surface area contributed by atoms with E-state index in [1.165, 1.54) is 0 Å². The summed E-state index contributed by atoms with van der Waals surface area (Å²) in [5, 5.41) is 4.21. The first-order valence-corrected chi connectivity index (χ1v) is 5.97. The van der Waals surface area contributed by atoms with Crippen LogP contribution >= 0.6 is 23.2 Å². The number of nitrogens with one attached hydrogen (secondary N) is 1. The van der Waals surface area contributed by atoms with Gasteiger partial charge in [-0.25, -0.2) is 0 Å². The predicted octanol–water partition coefficient (Wildman–Crippen LogP) is 3.76. The summed E-state index contributed by atoms with van der Waals surface area (Å²) < 4.78 is 5.60. The lowest BCUT2D eigenvalue weighted by Crippen LogP contribution is -2.37. The van der Waals surface area contributed by atoms with Gasteiger partial charge in [-0.05, 0) is 39.4 Å². The Morgan fingerprint density at radius 2 is 2.00 bits per heavy atom. The topological polar surface area (TPSA) is 21.3 Å². The smallest absolute Gasteiger partial charge is 0.139 e. The molecule has 90 valence electrons. The molecule has 0 aliphatic rings. The standard InChI is InChI=1S/C12H17Cl2NO/c1-12(2,15-3)7-8-16-10-6-4-5-9(13)11(10)14/h4-6,15H,7-8H2,1-3H3. The lowest BCUT2D eigenvalue weighted by atomic mass is 10.0. The molecule has 0 saturated carbocycles. The Morgan fingerprint density at radius 1 is 1.31 bits per heavy atom. The second kappa shape index (κ2) is 5.76. The van der Waals surface area contributed by atoms with Crippen molar-refractivity contribution in [3.05, 3.63) is 28.2 Å². The van der Waals surface area contributed by atoms with E-state index in [4.69, 9.17) is 27.9 Å². The normalized spacial score (nSPS) is 11.6. The Hall–Kier alpha value is -0.440. The molecule has 0 aliphatic heterocycles. The fourth-order valence-corrected chi connectivity index (χ4v) is 1.48. The molecule has 0 fully saturated rings. The minimum absolute atomic E-state index is 0.0606. The molecule has 0 amide bonds. The molecule has 0 aromatic heterocycles. The SMILES string of the molecule is CNC(C)(C)CCOc1cccc(Cl)c1Cl. The van der Waals surface area contributed by atoms with Gasteiger partial charge in [0.05, 0.1) is 11.6 Å². The molecule has 1 aromatic rings. The maximum atomic E-state index is 6.00. The van der Waals surface area contributed by atoms with Crippen LogP contribution in [0.4, 0.5) is 0 Å². The van der Waals surface area contributed by atoms with E-state index in [2.05, 4.69) is 19.2 Å². The Kier molecular flexibility index (Phi) is 4.90. The van der Waals surface area contributed by atoms with E-state index >= 15 is 0 Å². The van der Waals surface area contributed by atoms with Gasteiger partial charge < -0.3 is 10.1 Å². The molecule has 1 N–H and O–H groups in total. The maximum absolute atomic E-state index is 6.00. The molecule has 0 saturated heterocycles. The Morgan fingerprint density at radius 3 is 2.62 bits per heavy atom. The average Bonchev–Trinajstić information content (AvgIpc) is 2.24. The zero-order valence-electron chi connectivity index (χ0n) is 9.81. The van der Waals surface area contributed by atoms with Crippen molar-refractivity contribution in [3.63, 3.8) is 0 Å². The van der Waals surface area contributed by atoms with E-state index in [1.54, 1.807) is 6.07 Å². The van der Waals surface area contributed by atoms with Crippen LogP contribution in [0.15, 0.2) is 18.2 Å². The molecule has 0 atom stereocenters. The molecule has 0 aliphatic carbocycles. The van der Waals surface area contributed by atoms with Crippen LogP contribution < -0.4 is 10.1 Å². The largest absolute Gasteiger partial charge is 0.492 e. The molecule has 0 spiro atoms. The minimum atomic E-state index is 0.0606. The van der Waals surface area contributed by atoms with Crippen LogP contribution in [0, 0.1) is 0 Å². The van der Waals surface area contributed by atoms with E-state index < -0.39 is 0 Å². The molecule has 0 radical (unpaired) electrons. The highest BCUT2D eigenvalue weighted by atomic mass is 35.5. The van der Waals surface area contributed by atoms with Crippen molar-refractivity contribution in [2.24, 2.45) is 0 Å². The van der Waals surface area contributed by atoms with Crippen LogP contribution in [0.5, 0.6) is 5.75 Å². The summed E-state index contributed by atoms with van der Waals surface area (Å²) in [5.74, 6) is 0.640. The molecular formula is C12H17Cl2NO. The average molecular weight is 262 g/mol. The van der Waals surface area contributed by atoms with Crippen LogP contribution in [0.2, 0.25) is 10.0 Å². The highest BCUT2D eigenvalue weighted by Gasteiger charge is 2.14. The van der Waals surface area contributed by atoms with Crippen molar-refractivity contribution in [2.75, 3.05) is 13.7 Å². The van der Waals surface area contributed by atoms with Gasteiger partial charge in [-0.3, -0.25) is 0 Å². The Bertz CT molecular complexity index is 353. The second-order valence-electron chi connectivity index (χ2n) is 4.28. The summed E-state index contributed by atoms with van der Waals surface area (Å²) in [4.78, 5) is 0. The van der Waals surface area contributed by atoms with Crippen LogP contribution in [0.1, 0.15) is 20.3 Å². The monoisotopic (exact) mass is 261 g/mol. The zero-order valence-corrected chi connectivity index (χ0v) is 11.3. The molecule has 16 heavy (non-hydrogen) atoms. The van der Waals surface area contributed by atoms with Crippen molar-refractivity contribution in [2.45, 2.75) is 25.8 Å². The van der Waals surface area contributed by atoms with E-state index in [0.717, 1.165) is 6.42 Å². The van der Waals surface area contributed by atoms with E-state index in [0.29, 0.717) is 22.4 Å². The highest BCUT2D eigenvalue weighted by Crippen LogP contribution is 2.31. The predicted molar refractivity (Wildman–Crippen MR) is 69.7 cm³/mol. The summed E-state index contributed by atoms with van der Waals surface area (Å²) in [6.07, 6.45) is 0.895. The van der Waals surface area contributed by atoms with Crippen LogP contribution in [-0.4, -0.2) is 19.2 Å². The molecule has 1 rings (SSSR count). The number of benzene rings is 1. The minimum Gasteiger partial charge on any atom is -0.492 e. The van der Waals surface area contributed by atoms with Crippen molar-refractivity contribution >= 4 is 23.2 Å². The van der Waals surface area contributed by atoms with Gasteiger partial charge >= 0.3 is 0 Å². The summed E-state index contributed by atoms with van der Waals surface area (Å²) in [6.45, 7) is 4.85. The van der Waals surface area contributed by atoms with E-state index in [-0.39, 0.29) is 5.54 Å². The Labute approximate surface area is 107 Å². The van der Waals surface area contributed by atoms with Crippen molar-refractivity contribution in [1.29, 1.82) is 0 Å². The third-order valence-corrected chi connectivity index (χ3v) is 3.38. The van der Waals surface area contributed by atoms with Gasteiger partial charge in [0.2, 0.25) is 0 Å². The summed E-state index contributed by atoms with van der Waals surface area (Å²) in [7, 11) is 1.94. The summed E-state index contributed by atoms with van der Waals surface area (Å²) >= 11 is 11.9. The lowest BCUT2D eigenvalue weighted by Gasteiger charge is -2.23. The van der Waals surface area contributed by atoms with E-state index in [9.17, 15) is 0 Å². The summed E-state index contributed by atoms with van der Waals surface area (Å²) in [6, 6.07) is 5.39. The van der Waals surface area contributed by atoms with Gasteiger partial charge in [0, 0.05) is 5.54 Å². The number of halogens is 2. The van der Waals surface area contributed by atoms with Gasteiger partial charge in [0.1, 0.15) is 10.8 Å². The van der Waals surface area contributed by atoms with Crippen LogP contribution in [0.25, 0.3) is 0 Å². The second-order valence-corrected chi connectivity index (χ2v) is 5.07. The Balaban J connectivity index is 2.53. The third kappa shape index (κ3) is 3.85. The van der Waals surface area contributed by atoms with Gasteiger partial charge in [-0.15, -0.1) is 0 Å². The van der Waals surface area contributed by atoms with Gasteiger partial charge in [-0.2, -0.15) is 0 Å². The molecule has 0 heterocycles. The van der Waals surface area contributed by atoms with Crippen LogP contribution in [-0.2, 0) is 0 Å².